The van der Waals surface area contributed by atoms with Crippen molar-refractivity contribution in [2.75, 3.05) is 0 Å². The lowest BCUT2D eigenvalue weighted by molar-refractivity contribution is -0.441. The highest BCUT2D eigenvalue weighted by Gasteiger charge is 2.90. The summed E-state index contributed by atoms with van der Waals surface area (Å²) in [5.41, 5.74) is -1.87. The molecule has 0 aromatic heterocycles. The Bertz CT molecular complexity index is 452. The van der Waals surface area contributed by atoms with Crippen molar-refractivity contribution < 1.29 is 57.1 Å². The number of alkyl halides is 13. The Morgan fingerprint density at radius 2 is 0.750 bits per heavy atom. The van der Waals surface area contributed by atoms with E-state index in [1.807, 2.05) is 0 Å². The quantitative estimate of drug-likeness (QED) is 0.493. The monoisotopic (exact) mass is 390 g/mol. The van der Waals surface area contributed by atoms with Crippen LogP contribution in [0.4, 0.5) is 57.1 Å². The van der Waals surface area contributed by atoms with E-state index in [0.29, 0.717) is 0 Å². The third-order valence-corrected chi connectivity index (χ3v) is 2.75. The van der Waals surface area contributed by atoms with Crippen LogP contribution in [-0.4, -0.2) is 35.8 Å². The lowest BCUT2D eigenvalue weighted by Gasteiger charge is -2.41. The van der Waals surface area contributed by atoms with Crippen molar-refractivity contribution in [1.82, 2.24) is 0 Å². The van der Waals surface area contributed by atoms with Gasteiger partial charge in [0, 0.05) is 6.42 Å². The molecule has 0 spiro atoms. The van der Waals surface area contributed by atoms with Gasteiger partial charge in [0.05, 0.1) is 0 Å². The van der Waals surface area contributed by atoms with Gasteiger partial charge >= 0.3 is 35.8 Å². The first-order chi connectivity index (χ1) is 9.96. The van der Waals surface area contributed by atoms with Crippen LogP contribution in [0, 0.1) is 5.41 Å². The van der Waals surface area contributed by atoms with E-state index in [1.165, 1.54) is 0 Å². The van der Waals surface area contributed by atoms with Gasteiger partial charge in [0.2, 0.25) is 0 Å². The van der Waals surface area contributed by atoms with Crippen LogP contribution < -0.4 is 0 Å². The first-order valence-corrected chi connectivity index (χ1v) is 5.91. The van der Waals surface area contributed by atoms with Gasteiger partial charge in [-0.05, 0) is 5.41 Å². The van der Waals surface area contributed by atoms with Crippen LogP contribution in [0.5, 0.6) is 0 Å². The summed E-state index contributed by atoms with van der Waals surface area (Å²) in [6.07, 6.45) is -9.56. The second-order valence-corrected chi connectivity index (χ2v) is 6.24. The zero-order valence-electron chi connectivity index (χ0n) is 12.1. The maximum Gasteiger partial charge on any atom is 0.460 e. The van der Waals surface area contributed by atoms with Crippen molar-refractivity contribution in [3.8, 4) is 0 Å². The zero-order valence-corrected chi connectivity index (χ0v) is 12.1. The van der Waals surface area contributed by atoms with E-state index in [1.54, 1.807) is 0 Å². The largest absolute Gasteiger partial charge is 0.460 e. The van der Waals surface area contributed by atoms with Crippen LogP contribution in [0.1, 0.15) is 27.2 Å². The summed E-state index contributed by atoms with van der Waals surface area (Å²) in [5, 5.41) is 0. The number of rotatable bonds is 5. The fourth-order valence-electron chi connectivity index (χ4n) is 1.58. The van der Waals surface area contributed by atoms with E-state index in [4.69, 9.17) is 0 Å². The van der Waals surface area contributed by atoms with Gasteiger partial charge in [-0.1, -0.05) is 20.8 Å². The van der Waals surface area contributed by atoms with Gasteiger partial charge < -0.3 is 0 Å². The molecule has 0 amide bonds. The molecular weight excluding hydrogens is 379 g/mol. The van der Waals surface area contributed by atoms with Gasteiger partial charge in [0.1, 0.15) is 0 Å². The maximum absolute atomic E-state index is 13.3. The normalized spacial score (nSPS) is 16.5. The van der Waals surface area contributed by atoms with Crippen LogP contribution in [0.25, 0.3) is 0 Å². The molecule has 0 saturated carbocycles. The molecule has 0 N–H and O–H groups in total. The summed E-state index contributed by atoms with van der Waals surface area (Å²) in [6.45, 7) is 2.41. The van der Waals surface area contributed by atoms with Crippen LogP contribution in [-0.2, 0) is 0 Å². The summed E-state index contributed by atoms with van der Waals surface area (Å²) < 4.78 is 166. The average Bonchev–Trinajstić information content (AvgIpc) is 2.22. The smallest absolute Gasteiger partial charge is 0.200 e. The van der Waals surface area contributed by atoms with Crippen molar-refractivity contribution in [3.05, 3.63) is 0 Å². The molecule has 0 aliphatic rings. The van der Waals surface area contributed by atoms with E-state index in [2.05, 4.69) is 0 Å². The summed E-state index contributed by atoms with van der Waals surface area (Å²) in [7, 11) is 0. The van der Waals surface area contributed by atoms with Crippen molar-refractivity contribution in [2.45, 2.75) is 63.0 Å². The molecule has 0 bridgehead atoms. The topological polar surface area (TPSA) is 0 Å². The predicted octanol–water partition coefficient (Wildman–Crippen LogP) is 6.16. The van der Waals surface area contributed by atoms with Crippen LogP contribution in [0.15, 0.2) is 0 Å². The second-order valence-electron chi connectivity index (χ2n) is 6.24. The van der Waals surface area contributed by atoms with Gasteiger partial charge in [-0.3, -0.25) is 0 Å². The minimum Gasteiger partial charge on any atom is -0.200 e. The molecule has 13 heteroatoms. The summed E-state index contributed by atoms with van der Waals surface area (Å²) in [4.78, 5) is 0. The number of hydrogen-bond donors (Lipinski definition) is 0. The summed E-state index contributed by atoms with van der Waals surface area (Å²) in [6, 6.07) is 0. The van der Waals surface area contributed by atoms with Crippen molar-refractivity contribution in [2.24, 2.45) is 5.41 Å². The molecule has 0 heterocycles. The number of hydrogen-bond acceptors (Lipinski definition) is 0. The van der Waals surface area contributed by atoms with Gasteiger partial charge in [-0.15, -0.1) is 0 Å². The molecule has 0 rings (SSSR count). The molecule has 0 aromatic carbocycles. The first kappa shape index (κ1) is 23.1. The highest BCUT2D eigenvalue weighted by Crippen LogP contribution is 2.61. The fourth-order valence-corrected chi connectivity index (χ4v) is 1.58. The molecule has 24 heavy (non-hydrogen) atoms. The minimum atomic E-state index is -7.83. The summed E-state index contributed by atoms with van der Waals surface area (Å²) in [5.74, 6) is -36.4. The molecule has 0 nitrogen and oxygen atoms in total. The van der Waals surface area contributed by atoms with Gasteiger partial charge in [0.15, 0.2) is 0 Å². The molecule has 0 unspecified atom stereocenters. The minimum absolute atomic E-state index is 0.803. The third kappa shape index (κ3) is 3.39. The van der Waals surface area contributed by atoms with Gasteiger partial charge in [-0.2, -0.15) is 57.1 Å². The lowest BCUT2D eigenvalue weighted by Crippen LogP contribution is -2.70. The third-order valence-electron chi connectivity index (χ3n) is 2.75. The SMILES string of the molecule is CC(C)(C)CC(F)(F)C(F)(F)C(F)(F)C(F)(F)C(F)(F)C(F)(F)F. The molecule has 0 aliphatic carbocycles. The van der Waals surface area contributed by atoms with Gasteiger partial charge in [-0.25, -0.2) is 0 Å². The first-order valence-electron chi connectivity index (χ1n) is 5.91. The van der Waals surface area contributed by atoms with Crippen LogP contribution in [0.2, 0.25) is 0 Å². The Morgan fingerprint density at radius 3 is 1.00 bits per heavy atom. The Balaban J connectivity index is 6.21. The average molecular weight is 390 g/mol. The van der Waals surface area contributed by atoms with Crippen molar-refractivity contribution in [3.63, 3.8) is 0 Å². The summed E-state index contributed by atoms with van der Waals surface area (Å²) >= 11 is 0. The Kier molecular flexibility index (Phi) is 5.34. The Morgan fingerprint density at radius 1 is 0.458 bits per heavy atom. The zero-order chi connectivity index (χ0) is 20.2. The van der Waals surface area contributed by atoms with Crippen molar-refractivity contribution >= 4 is 0 Å². The molecule has 0 atom stereocenters. The van der Waals surface area contributed by atoms with E-state index < -0.39 is 47.6 Å². The number of halogens is 13. The van der Waals surface area contributed by atoms with E-state index >= 15 is 0 Å². The van der Waals surface area contributed by atoms with Gasteiger partial charge in [0.25, 0.3) is 0 Å². The predicted molar refractivity (Wildman–Crippen MR) is 54.9 cm³/mol. The Labute approximate surface area is 127 Å². The maximum atomic E-state index is 13.3. The fraction of sp³-hybridized carbons (Fsp3) is 1.00. The Hall–Kier alpha value is -0.910. The lowest BCUT2D eigenvalue weighted by atomic mass is 9.83. The second kappa shape index (κ2) is 5.55. The molecule has 0 saturated heterocycles. The molecule has 0 aromatic rings. The molecule has 0 radical (unpaired) electrons. The highest BCUT2D eigenvalue weighted by atomic mass is 19.4. The van der Waals surface area contributed by atoms with Crippen LogP contribution in [0.3, 0.4) is 0 Å². The van der Waals surface area contributed by atoms with E-state index in [9.17, 15) is 57.1 Å². The molecule has 0 aliphatic heterocycles. The van der Waals surface area contributed by atoms with E-state index in [0.717, 1.165) is 20.8 Å². The van der Waals surface area contributed by atoms with Crippen molar-refractivity contribution in [1.29, 1.82) is 0 Å². The molecule has 146 valence electrons. The standard InChI is InChI=1S/C11H11F13/c1-5(2,3)4-6(12,13)7(14,15)8(16,17)9(18,19)10(20,21)11(22,23)24/h4H2,1-3H3. The molecule has 0 fully saturated rings. The molecular formula is C11H11F13. The van der Waals surface area contributed by atoms with Crippen LogP contribution >= 0.6 is 0 Å². The highest BCUT2D eigenvalue weighted by molar-refractivity contribution is 5.10. The van der Waals surface area contributed by atoms with E-state index in [-0.39, 0.29) is 0 Å².